The van der Waals surface area contributed by atoms with Crippen molar-refractivity contribution in [3.8, 4) is 0 Å². The predicted octanol–water partition coefficient (Wildman–Crippen LogP) is -7.75. The summed E-state index contributed by atoms with van der Waals surface area (Å²) in [6, 6.07) is 0. The van der Waals surface area contributed by atoms with E-state index in [1.165, 1.54) is 21.0 Å². The quantitative estimate of drug-likeness (QED) is 0.0504. The first kappa shape index (κ1) is 66.0. The molecule has 0 radical (unpaired) electrons. The fraction of sp³-hybridized carbons (Fsp3) is 1.00. The van der Waals surface area contributed by atoms with Gasteiger partial charge < -0.3 is 82.0 Å². The summed E-state index contributed by atoms with van der Waals surface area (Å²) in [6.45, 7) is 5.48. The van der Waals surface area contributed by atoms with Gasteiger partial charge in [-0.15, -0.1) is 0 Å². The van der Waals surface area contributed by atoms with Gasteiger partial charge in [0.1, 0.15) is 36.6 Å². The van der Waals surface area contributed by atoms with Crippen LogP contribution in [0.2, 0.25) is 0 Å². The molecule has 0 aromatic rings. The average Bonchev–Trinajstić information content (AvgIpc) is 3.19. The van der Waals surface area contributed by atoms with Crippen molar-refractivity contribution in [2.45, 2.75) is 133 Å². The number of hydrogen-bond donors (Lipinski definition) is 6. The van der Waals surface area contributed by atoms with Crippen molar-refractivity contribution < 1.29 is 162 Å². The van der Waals surface area contributed by atoms with Crippen LogP contribution in [0.1, 0.15) is 47.5 Å². The van der Waals surface area contributed by atoms with E-state index in [2.05, 4.69) is 21.5 Å². The van der Waals surface area contributed by atoms with Crippen LogP contribution in [0.25, 0.3) is 0 Å². The zero-order valence-electron chi connectivity index (χ0n) is 37.3. The van der Waals surface area contributed by atoms with Gasteiger partial charge >= 0.3 is 29.6 Å². The van der Waals surface area contributed by atoms with Crippen LogP contribution in [0.3, 0.4) is 0 Å². The Kier molecular flexibility index (Phi) is 29.5. The molecule has 4 fully saturated rings. The molecule has 0 aliphatic carbocycles. The fourth-order valence-corrected chi connectivity index (χ4v) is 7.57. The van der Waals surface area contributed by atoms with Crippen molar-refractivity contribution >= 4 is 41.6 Å². The molecular weight excluding hydrogens is 1000 g/mol. The molecule has 8 unspecified atom stereocenters. The van der Waals surface area contributed by atoms with Crippen LogP contribution >= 0.6 is 0 Å². The third kappa shape index (κ3) is 23.9. The molecule has 4 rings (SSSR count). The minimum atomic E-state index is -5.11. The van der Waals surface area contributed by atoms with Crippen LogP contribution < -0.4 is 29.6 Å². The Morgan fingerprint density at radius 2 is 0.894 bits per heavy atom. The first-order valence-electron chi connectivity index (χ1n) is 19.4. The van der Waals surface area contributed by atoms with Crippen LogP contribution in [0.4, 0.5) is 0 Å². The van der Waals surface area contributed by atoms with Gasteiger partial charge in [-0.25, -0.2) is 33.7 Å². The summed E-state index contributed by atoms with van der Waals surface area (Å²) in [5.41, 5.74) is 0. The summed E-state index contributed by atoms with van der Waals surface area (Å²) in [6.07, 6.45) is -14.9. The zero-order chi connectivity index (χ0) is 50.4. The topological polar surface area (TPSA) is 452 Å². The summed E-state index contributed by atoms with van der Waals surface area (Å²) in [5.74, 6) is -1.89. The molecule has 6 N–H and O–H groups in total. The maximum atomic E-state index is 10.7. The first-order chi connectivity index (χ1) is 29.7. The van der Waals surface area contributed by atoms with Crippen molar-refractivity contribution in [2.75, 3.05) is 47.8 Å². The summed E-state index contributed by atoms with van der Waals surface area (Å²) < 4.78 is 177. The van der Waals surface area contributed by atoms with Crippen LogP contribution in [-0.2, 0) is 91.5 Å². The standard InChI is InChI=1S/C14H26O15S2.C8H16O7S.C8H16O6S.C2H6O.Na/c1-5-9(15)10(16)7(3-25-30(19,20)21)28-14(5)29-12-6(2)13(18)27-8(11(12)17)4-26-31(22,23)24;1-4-5(2)15-6(8(10)7(4)9)3-14-16(11,12)13;1-6-3-4-7(14-8(6)12-2)5-13-15(9,10)11;1-3-2;/h5-18H,3-4H2,1-2H3,(H,19,20,21)(H,22,23,24);4-10H,3H2,1-2H3,(H,11,12,13);6-8H,3-5H2,1-2H3,(H,9,10,11);1-2H3;/q;;;;+1/p-4/t5?,6?,7?,8?,9-,10-,11-,12-,13-,14+;4?,5-,6?,7+,8+;6?,7?,8-;;/m101../s1. The molecule has 0 saturated carbocycles. The molecule has 34 heteroatoms. The monoisotopic (exact) mass is 1060 g/mol. The second-order valence-electron chi connectivity index (χ2n) is 15.2. The number of rotatable bonds is 15. The van der Waals surface area contributed by atoms with Gasteiger partial charge in [0.25, 0.3) is 0 Å². The van der Waals surface area contributed by atoms with E-state index in [1.807, 2.05) is 6.92 Å². The van der Waals surface area contributed by atoms with Gasteiger partial charge in [0, 0.05) is 45.0 Å². The third-order valence-electron chi connectivity index (χ3n) is 10.2. The molecule has 4 heterocycles. The molecule has 29 nitrogen and oxygen atoms in total. The van der Waals surface area contributed by atoms with Crippen molar-refractivity contribution in [2.24, 2.45) is 23.7 Å². The van der Waals surface area contributed by atoms with E-state index in [-0.39, 0.29) is 60.4 Å². The molecule has 4 aliphatic heterocycles. The van der Waals surface area contributed by atoms with E-state index >= 15 is 0 Å². The van der Waals surface area contributed by atoms with Gasteiger partial charge in [0.2, 0.25) is 41.6 Å². The van der Waals surface area contributed by atoms with Gasteiger partial charge in [-0.2, -0.15) is 0 Å². The Balaban J connectivity index is 0.00000101. The van der Waals surface area contributed by atoms with E-state index in [4.69, 9.17) is 28.4 Å². The summed E-state index contributed by atoms with van der Waals surface area (Å²) in [7, 11) is -14.9. The Morgan fingerprint density at radius 3 is 1.32 bits per heavy atom. The smallest absolute Gasteiger partial charge is 0.726 e. The minimum absolute atomic E-state index is 0. The van der Waals surface area contributed by atoms with Crippen LogP contribution in [0, 0.1) is 23.7 Å². The van der Waals surface area contributed by atoms with Crippen LogP contribution in [0.5, 0.6) is 0 Å². The number of hydrogen-bond acceptors (Lipinski definition) is 29. The molecule has 0 spiro atoms. The SMILES string of the molecule is CC1[C@H](C)OC(COS(=O)(=O)[O-])[C@@H](O)[C@@H]1O.CC1[C@H](O[C@@H]2C(C)[C@H](O)OC(COS(=O)(=O)[O-])[C@H]2O)OC(COS(=O)(=O)[O-])[C@@H](O)[C@@H]1O.COC.CO[C@@H]1OC(COS(=O)(=O)[O-])CCC1C.[Na+]. The molecular formula is C32H60NaO29S4-3. The van der Waals surface area contributed by atoms with Gasteiger partial charge in [0.15, 0.2) is 18.9 Å². The van der Waals surface area contributed by atoms with Crippen molar-refractivity contribution in [3.05, 3.63) is 0 Å². The molecule has 4 aliphatic rings. The summed E-state index contributed by atoms with van der Waals surface area (Å²) >= 11 is 0. The maximum absolute atomic E-state index is 10.7. The second-order valence-corrected chi connectivity index (χ2v) is 19.4. The molecule has 390 valence electrons. The van der Waals surface area contributed by atoms with Crippen LogP contribution in [0.15, 0.2) is 0 Å². The van der Waals surface area contributed by atoms with Crippen molar-refractivity contribution in [1.82, 2.24) is 0 Å². The van der Waals surface area contributed by atoms with E-state index in [0.717, 1.165) is 6.42 Å². The number of aliphatic hydroxyl groups excluding tert-OH is 6. The van der Waals surface area contributed by atoms with E-state index in [9.17, 15) is 82.5 Å². The predicted molar refractivity (Wildman–Crippen MR) is 206 cm³/mol. The summed E-state index contributed by atoms with van der Waals surface area (Å²) in [4.78, 5) is 0. The maximum Gasteiger partial charge on any atom is 1.00 e. The number of ether oxygens (including phenoxy) is 7. The molecule has 18 atom stereocenters. The zero-order valence-corrected chi connectivity index (χ0v) is 42.6. The molecule has 0 amide bonds. The number of methoxy groups -OCH3 is 2. The van der Waals surface area contributed by atoms with E-state index in [0.29, 0.717) is 6.42 Å². The molecule has 0 bridgehead atoms. The van der Waals surface area contributed by atoms with Crippen LogP contribution in [-0.4, -0.2) is 216 Å². The molecule has 0 aromatic heterocycles. The van der Waals surface area contributed by atoms with Gasteiger partial charge in [-0.1, -0.05) is 27.7 Å². The Labute approximate surface area is 406 Å². The fourth-order valence-electron chi connectivity index (χ4n) is 6.35. The largest absolute Gasteiger partial charge is 1.00 e. The second kappa shape index (κ2) is 29.5. The minimum Gasteiger partial charge on any atom is -0.726 e. The molecule has 0 aromatic carbocycles. The normalized spacial score (nSPS) is 37.6. The van der Waals surface area contributed by atoms with Gasteiger partial charge in [-0.3, -0.25) is 16.7 Å². The number of aliphatic hydroxyl groups is 6. The summed E-state index contributed by atoms with van der Waals surface area (Å²) in [5, 5.41) is 59.9. The molecule has 4 saturated heterocycles. The third-order valence-corrected chi connectivity index (χ3v) is 11.9. The Hall–Kier alpha value is -0.0400. The van der Waals surface area contributed by atoms with Crippen molar-refractivity contribution in [1.29, 1.82) is 0 Å². The Morgan fingerprint density at radius 1 is 0.500 bits per heavy atom. The van der Waals surface area contributed by atoms with Gasteiger partial charge in [-0.05, 0) is 19.8 Å². The Bertz CT molecular complexity index is 1830. The van der Waals surface area contributed by atoms with E-state index in [1.54, 1.807) is 28.1 Å². The average molecular weight is 1060 g/mol. The van der Waals surface area contributed by atoms with E-state index < -0.39 is 147 Å². The first-order valence-corrected chi connectivity index (χ1v) is 24.7. The van der Waals surface area contributed by atoms with Gasteiger partial charge in [0.05, 0.1) is 56.9 Å². The molecule has 66 heavy (non-hydrogen) atoms. The van der Waals surface area contributed by atoms with Crippen molar-refractivity contribution in [3.63, 3.8) is 0 Å².